The molecule has 0 aliphatic heterocycles. The van der Waals surface area contributed by atoms with Gasteiger partial charge in [-0.15, -0.1) is 0 Å². The molecule has 74 valence electrons. The highest BCUT2D eigenvalue weighted by Crippen LogP contribution is 2.42. The Labute approximate surface area is 80.4 Å². The van der Waals surface area contributed by atoms with Crippen LogP contribution in [0.2, 0.25) is 0 Å². The zero-order chi connectivity index (χ0) is 10.3. The maximum atomic E-state index is 11.4. The molecule has 2 rings (SSSR count). The van der Waals surface area contributed by atoms with Gasteiger partial charge in [0.05, 0.1) is 0 Å². The van der Waals surface area contributed by atoms with Crippen LogP contribution in [0.4, 0.5) is 0 Å². The molecule has 0 heterocycles. The second-order valence-corrected chi connectivity index (χ2v) is 3.40. The molecule has 0 saturated heterocycles. The summed E-state index contributed by atoms with van der Waals surface area (Å²) in [6.45, 7) is 0. The molecule has 1 aromatic rings. The molecular formula is C10H10O4. The monoisotopic (exact) mass is 194 g/mol. The van der Waals surface area contributed by atoms with Crippen LogP contribution >= 0.6 is 0 Å². The van der Waals surface area contributed by atoms with Crippen LogP contribution in [0.15, 0.2) is 6.07 Å². The maximum Gasteiger partial charge on any atom is 0.200 e. The molecule has 0 radical (unpaired) electrons. The number of fused-ring (bicyclic) bond motifs is 1. The van der Waals surface area contributed by atoms with Crippen LogP contribution in [0.1, 0.15) is 28.8 Å². The highest BCUT2D eigenvalue weighted by Gasteiger charge is 2.24. The average Bonchev–Trinajstić information content (AvgIpc) is 2.17. The number of ketones is 1. The summed E-state index contributed by atoms with van der Waals surface area (Å²) in [5, 5.41) is 27.9. The van der Waals surface area contributed by atoms with E-state index in [1.165, 1.54) is 6.07 Å². The first-order chi connectivity index (χ1) is 6.61. The van der Waals surface area contributed by atoms with Crippen molar-refractivity contribution < 1.29 is 20.1 Å². The van der Waals surface area contributed by atoms with Gasteiger partial charge < -0.3 is 15.3 Å². The first-order valence-corrected chi connectivity index (χ1v) is 4.41. The number of hydrogen-bond donors (Lipinski definition) is 3. The number of phenols is 3. The number of benzene rings is 1. The number of rotatable bonds is 0. The molecule has 0 fully saturated rings. The topological polar surface area (TPSA) is 77.8 Å². The van der Waals surface area contributed by atoms with E-state index in [1.54, 1.807) is 0 Å². The number of aromatic hydroxyl groups is 3. The Morgan fingerprint density at radius 1 is 1.07 bits per heavy atom. The Hall–Kier alpha value is -1.71. The van der Waals surface area contributed by atoms with Crippen LogP contribution in [0.25, 0.3) is 0 Å². The molecule has 0 saturated carbocycles. The second kappa shape index (κ2) is 2.90. The van der Waals surface area contributed by atoms with Crippen molar-refractivity contribution in [1.29, 1.82) is 0 Å². The Bertz CT molecular complexity index is 409. The summed E-state index contributed by atoms with van der Waals surface area (Å²) >= 11 is 0. The van der Waals surface area contributed by atoms with Crippen molar-refractivity contribution in [3.63, 3.8) is 0 Å². The highest BCUT2D eigenvalue weighted by molar-refractivity contribution is 6.00. The van der Waals surface area contributed by atoms with Crippen LogP contribution < -0.4 is 0 Å². The van der Waals surface area contributed by atoms with Crippen LogP contribution in [0.5, 0.6) is 17.2 Å². The Morgan fingerprint density at radius 3 is 2.50 bits per heavy atom. The van der Waals surface area contributed by atoms with Gasteiger partial charge in [-0.05, 0) is 18.9 Å². The van der Waals surface area contributed by atoms with Gasteiger partial charge in [0, 0.05) is 17.5 Å². The third kappa shape index (κ3) is 1.11. The number of phenolic OH excluding ortho intramolecular Hbond substituents is 3. The smallest absolute Gasteiger partial charge is 0.200 e. The molecule has 3 N–H and O–H groups in total. The van der Waals surface area contributed by atoms with Gasteiger partial charge in [0.1, 0.15) is 0 Å². The van der Waals surface area contributed by atoms with E-state index >= 15 is 0 Å². The third-order valence-electron chi connectivity index (χ3n) is 2.49. The molecule has 1 aliphatic carbocycles. The lowest BCUT2D eigenvalue weighted by molar-refractivity contribution is 0.0971. The van der Waals surface area contributed by atoms with Crippen molar-refractivity contribution in [2.24, 2.45) is 0 Å². The summed E-state index contributed by atoms with van der Waals surface area (Å²) in [6.07, 6.45) is 1.65. The summed E-state index contributed by atoms with van der Waals surface area (Å²) in [5.74, 6) is -1.46. The molecule has 0 bridgehead atoms. The fraction of sp³-hybridized carbons (Fsp3) is 0.300. The minimum absolute atomic E-state index is 0.100. The molecule has 1 aromatic carbocycles. The lowest BCUT2D eigenvalue weighted by Crippen LogP contribution is -2.10. The number of hydrogen-bond acceptors (Lipinski definition) is 4. The van der Waals surface area contributed by atoms with E-state index in [1.807, 2.05) is 0 Å². The molecule has 0 atom stereocenters. The largest absolute Gasteiger partial charge is 0.504 e. The molecule has 0 amide bonds. The molecule has 4 heteroatoms. The summed E-state index contributed by atoms with van der Waals surface area (Å²) in [6, 6.07) is 1.21. The summed E-state index contributed by atoms with van der Waals surface area (Å²) in [4.78, 5) is 11.4. The van der Waals surface area contributed by atoms with E-state index in [0.717, 1.165) is 0 Å². The quantitative estimate of drug-likeness (QED) is 0.544. The molecule has 0 unspecified atom stereocenters. The van der Waals surface area contributed by atoms with Crippen molar-refractivity contribution >= 4 is 5.78 Å². The van der Waals surface area contributed by atoms with Gasteiger partial charge in [-0.1, -0.05) is 0 Å². The van der Waals surface area contributed by atoms with Gasteiger partial charge in [0.2, 0.25) is 5.75 Å². The highest BCUT2D eigenvalue weighted by atomic mass is 16.3. The van der Waals surface area contributed by atoms with Crippen molar-refractivity contribution in [2.75, 3.05) is 0 Å². The van der Waals surface area contributed by atoms with Crippen LogP contribution in [-0.4, -0.2) is 21.1 Å². The molecule has 14 heavy (non-hydrogen) atoms. The molecule has 0 spiro atoms. The van der Waals surface area contributed by atoms with Crippen molar-refractivity contribution in [3.8, 4) is 17.2 Å². The number of Topliss-reactive ketones (excluding diaryl/α,β-unsaturated/α-hetero) is 1. The minimum Gasteiger partial charge on any atom is -0.504 e. The summed E-state index contributed by atoms with van der Waals surface area (Å²) in [5.41, 5.74) is 0.764. The van der Waals surface area contributed by atoms with Crippen molar-refractivity contribution in [3.05, 3.63) is 17.2 Å². The fourth-order valence-electron chi connectivity index (χ4n) is 1.75. The normalized spacial score (nSPS) is 15.3. The van der Waals surface area contributed by atoms with Gasteiger partial charge in [0.25, 0.3) is 0 Å². The summed E-state index contributed by atoms with van der Waals surface area (Å²) < 4.78 is 0. The fourth-order valence-corrected chi connectivity index (χ4v) is 1.75. The molecule has 1 aliphatic rings. The zero-order valence-corrected chi connectivity index (χ0v) is 7.45. The number of carbonyl (C=O) groups excluding carboxylic acids is 1. The Morgan fingerprint density at radius 2 is 1.79 bits per heavy atom. The van der Waals surface area contributed by atoms with E-state index in [4.69, 9.17) is 0 Å². The second-order valence-electron chi connectivity index (χ2n) is 3.40. The van der Waals surface area contributed by atoms with E-state index < -0.39 is 11.5 Å². The van der Waals surface area contributed by atoms with E-state index in [-0.39, 0.29) is 11.5 Å². The maximum absolute atomic E-state index is 11.4. The zero-order valence-electron chi connectivity index (χ0n) is 7.45. The predicted octanol–water partition coefficient (Wildman–Crippen LogP) is 1.32. The van der Waals surface area contributed by atoms with E-state index in [2.05, 4.69) is 0 Å². The van der Waals surface area contributed by atoms with Crippen molar-refractivity contribution in [2.45, 2.75) is 19.3 Å². The number of carbonyl (C=O) groups is 1. The van der Waals surface area contributed by atoms with Crippen LogP contribution in [0.3, 0.4) is 0 Å². The van der Waals surface area contributed by atoms with Gasteiger partial charge in [-0.25, -0.2) is 0 Å². The third-order valence-corrected chi connectivity index (χ3v) is 2.49. The average molecular weight is 194 g/mol. The predicted molar refractivity (Wildman–Crippen MR) is 48.7 cm³/mol. The van der Waals surface area contributed by atoms with E-state index in [0.29, 0.717) is 30.4 Å². The Kier molecular flexibility index (Phi) is 1.84. The first-order valence-electron chi connectivity index (χ1n) is 4.41. The van der Waals surface area contributed by atoms with Gasteiger partial charge in [-0.2, -0.15) is 0 Å². The minimum atomic E-state index is -0.543. The lowest BCUT2D eigenvalue weighted by Gasteiger charge is -2.16. The van der Waals surface area contributed by atoms with Gasteiger partial charge >= 0.3 is 0 Å². The van der Waals surface area contributed by atoms with E-state index in [9.17, 15) is 20.1 Å². The van der Waals surface area contributed by atoms with Gasteiger partial charge in [0.15, 0.2) is 17.3 Å². The molecule has 0 aromatic heterocycles. The molecular weight excluding hydrogens is 184 g/mol. The molecule has 4 nitrogen and oxygen atoms in total. The SMILES string of the molecule is O=C1CCCc2c1cc(O)c(O)c2O. The van der Waals surface area contributed by atoms with Crippen molar-refractivity contribution in [1.82, 2.24) is 0 Å². The first kappa shape index (κ1) is 8.87. The lowest BCUT2D eigenvalue weighted by atomic mass is 9.89. The standard InChI is InChI=1S/C10H10O4/c11-7-3-1-2-5-6(7)4-8(12)10(14)9(5)13/h4,12-14H,1-3H2. The van der Waals surface area contributed by atoms with Gasteiger partial charge in [-0.3, -0.25) is 4.79 Å². The van der Waals surface area contributed by atoms with Crippen LogP contribution in [0, 0.1) is 0 Å². The Balaban J connectivity index is 2.69. The van der Waals surface area contributed by atoms with Crippen LogP contribution in [-0.2, 0) is 6.42 Å². The summed E-state index contributed by atoms with van der Waals surface area (Å²) in [7, 11) is 0.